The fourth-order valence-electron chi connectivity index (χ4n) is 7.83. The second kappa shape index (κ2) is 6.10. The molecule has 3 saturated carbocycles. The average molecular weight is 341 g/mol. The molecule has 0 bridgehead atoms. The topological polar surface area (TPSA) is 17.1 Å². The first-order chi connectivity index (χ1) is 11.9. The maximum Gasteiger partial charge on any atom is 0.178 e. The Morgan fingerprint density at radius 2 is 1.96 bits per heavy atom. The molecule has 7 atom stereocenters. The van der Waals surface area contributed by atoms with Crippen LogP contribution in [0.1, 0.15) is 79.1 Å². The molecular formula is C24H36O. The van der Waals surface area contributed by atoms with E-state index in [1.807, 2.05) is 12.2 Å². The Labute approximate surface area is 154 Å². The Hall–Kier alpha value is -0.850. The maximum absolute atomic E-state index is 11.9. The third-order valence-electron chi connectivity index (χ3n) is 9.06. The normalized spacial score (nSPS) is 46.9. The van der Waals surface area contributed by atoms with Crippen LogP contribution in [0.15, 0.2) is 23.8 Å². The van der Waals surface area contributed by atoms with Crippen LogP contribution >= 0.6 is 0 Å². The molecule has 0 saturated heterocycles. The third kappa shape index (κ3) is 2.52. The van der Waals surface area contributed by atoms with Crippen molar-refractivity contribution < 1.29 is 4.79 Å². The molecule has 0 spiro atoms. The molecule has 4 unspecified atom stereocenters. The number of allylic oxidation sites excluding steroid dienone is 4. The summed E-state index contributed by atoms with van der Waals surface area (Å²) in [4.78, 5) is 11.9. The van der Waals surface area contributed by atoms with Gasteiger partial charge in [0.05, 0.1) is 0 Å². The summed E-state index contributed by atoms with van der Waals surface area (Å²) in [6, 6.07) is 0. The Balaban J connectivity index is 1.61. The smallest absolute Gasteiger partial charge is 0.178 e. The van der Waals surface area contributed by atoms with Gasteiger partial charge in [-0.05, 0) is 85.7 Å². The summed E-state index contributed by atoms with van der Waals surface area (Å²) >= 11 is 0. The van der Waals surface area contributed by atoms with Crippen LogP contribution in [-0.2, 0) is 4.79 Å². The van der Waals surface area contributed by atoms with E-state index in [0.717, 1.165) is 36.0 Å². The largest absolute Gasteiger partial charge is 0.290 e. The Bertz CT molecular complexity index is 614. The second-order valence-corrected chi connectivity index (χ2v) is 10.1. The van der Waals surface area contributed by atoms with E-state index in [1.54, 1.807) is 0 Å². The minimum absolute atomic E-state index is 0.158. The van der Waals surface area contributed by atoms with Crippen molar-refractivity contribution >= 4 is 5.78 Å². The van der Waals surface area contributed by atoms with Crippen molar-refractivity contribution in [1.82, 2.24) is 0 Å². The van der Waals surface area contributed by atoms with Gasteiger partial charge < -0.3 is 0 Å². The lowest BCUT2D eigenvalue weighted by atomic mass is 9.47. The van der Waals surface area contributed by atoms with E-state index in [9.17, 15) is 4.79 Å². The SMILES string of the molecule is CCCC(C)[C@H]1CCC2C3CCC4=CC(=O)C=C[C@]4(C)C3CC[C@@]21C. The van der Waals surface area contributed by atoms with Gasteiger partial charge in [0.1, 0.15) is 0 Å². The van der Waals surface area contributed by atoms with Crippen molar-refractivity contribution in [3.63, 3.8) is 0 Å². The van der Waals surface area contributed by atoms with E-state index in [4.69, 9.17) is 0 Å². The molecule has 0 aromatic carbocycles. The van der Waals surface area contributed by atoms with Gasteiger partial charge in [-0.25, -0.2) is 0 Å². The quantitative estimate of drug-likeness (QED) is 0.585. The molecule has 0 heterocycles. The molecule has 1 heteroatoms. The number of carbonyl (C=O) groups excluding carboxylic acids is 1. The lowest BCUT2D eigenvalue weighted by Crippen LogP contribution is -2.50. The lowest BCUT2D eigenvalue weighted by Gasteiger charge is -2.57. The van der Waals surface area contributed by atoms with Crippen LogP contribution in [0.2, 0.25) is 0 Å². The summed E-state index contributed by atoms with van der Waals surface area (Å²) in [5, 5.41) is 0. The maximum atomic E-state index is 11.9. The number of hydrogen-bond donors (Lipinski definition) is 0. The van der Waals surface area contributed by atoms with Crippen molar-refractivity contribution in [2.75, 3.05) is 0 Å². The molecule has 0 radical (unpaired) electrons. The van der Waals surface area contributed by atoms with Crippen LogP contribution < -0.4 is 0 Å². The summed E-state index contributed by atoms with van der Waals surface area (Å²) in [6.07, 6.45) is 17.0. The number of fused-ring (bicyclic) bond motifs is 5. The molecule has 0 aromatic heterocycles. The predicted octanol–water partition coefficient (Wildman–Crippen LogP) is 6.35. The number of carbonyl (C=O) groups is 1. The van der Waals surface area contributed by atoms with Gasteiger partial charge in [-0.1, -0.05) is 52.2 Å². The van der Waals surface area contributed by atoms with Gasteiger partial charge in [-0.3, -0.25) is 4.79 Å². The lowest BCUT2D eigenvalue weighted by molar-refractivity contribution is -0.111. The molecule has 0 amide bonds. The summed E-state index contributed by atoms with van der Waals surface area (Å²) in [5.74, 6) is 4.58. The van der Waals surface area contributed by atoms with Crippen molar-refractivity contribution in [1.29, 1.82) is 0 Å². The molecule has 0 aromatic rings. The Morgan fingerprint density at radius 1 is 1.16 bits per heavy atom. The van der Waals surface area contributed by atoms with Gasteiger partial charge in [0.2, 0.25) is 0 Å². The highest BCUT2D eigenvalue weighted by molar-refractivity contribution is 6.01. The van der Waals surface area contributed by atoms with E-state index < -0.39 is 0 Å². The molecule has 1 nitrogen and oxygen atoms in total. The molecule has 0 aliphatic heterocycles. The predicted molar refractivity (Wildman–Crippen MR) is 104 cm³/mol. The first-order valence-corrected chi connectivity index (χ1v) is 10.8. The van der Waals surface area contributed by atoms with Gasteiger partial charge in [-0.15, -0.1) is 0 Å². The van der Waals surface area contributed by atoms with Crippen LogP contribution in [0.4, 0.5) is 0 Å². The fraction of sp³-hybridized carbons (Fsp3) is 0.792. The zero-order valence-corrected chi connectivity index (χ0v) is 16.7. The number of ketones is 1. The van der Waals surface area contributed by atoms with Gasteiger partial charge in [-0.2, -0.15) is 0 Å². The standard InChI is InChI=1S/C24H36O/c1-5-6-16(2)20-9-10-21-19-8-7-17-15-18(25)11-13-23(17,3)22(19)12-14-24(20,21)4/h11,13,15-16,19-22H,5-10,12,14H2,1-4H3/t16?,19?,20-,21?,22?,23+,24-/m1/s1. The average Bonchev–Trinajstić information content (AvgIpc) is 2.93. The first-order valence-electron chi connectivity index (χ1n) is 10.8. The Morgan fingerprint density at radius 3 is 2.72 bits per heavy atom. The van der Waals surface area contributed by atoms with Crippen LogP contribution in [0.3, 0.4) is 0 Å². The van der Waals surface area contributed by atoms with Gasteiger partial charge in [0.15, 0.2) is 5.78 Å². The highest BCUT2D eigenvalue weighted by atomic mass is 16.1. The highest BCUT2D eigenvalue weighted by Crippen LogP contribution is 2.67. The van der Waals surface area contributed by atoms with E-state index in [2.05, 4.69) is 33.8 Å². The minimum Gasteiger partial charge on any atom is -0.290 e. The fourth-order valence-corrected chi connectivity index (χ4v) is 7.83. The van der Waals surface area contributed by atoms with Crippen LogP contribution in [-0.4, -0.2) is 5.78 Å². The molecule has 4 aliphatic rings. The van der Waals surface area contributed by atoms with E-state index in [0.29, 0.717) is 5.41 Å². The van der Waals surface area contributed by atoms with Gasteiger partial charge in [0.25, 0.3) is 0 Å². The third-order valence-corrected chi connectivity index (χ3v) is 9.06. The summed E-state index contributed by atoms with van der Waals surface area (Å²) in [5.41, 5.74) is 2.16. The van der Waals surface area contributed by atoms with Crippen LogP contribution in [0, 0.1) is 40.4 Å². The molecule has 138 valence electrons. The van der Waals surface area contributed by atoms with E-state index in [-0.39, 0.29) is 11.2 Å². The van der Waals surface area contributed by atoms with Crippen molar-refractivity contribution in [2.45, 2.75) is 79.1 Å². The van der Waals surface area contributed by atoms with Crippen LogP contribution in [0.25, 0.3) is 0 Å². The zero-order valence-electron chi connectivity index (χ0n) is 16.7. The molecule has 0 N–H and O–H groups in total. The molecule has 4 rings (SSSR count). The monoisotopic (exact) mass is 340 g/mol. The first kappa shape index (κ1) is 17.6. The number of rotatable bonds is 3. The van der Waals surface area contributed by atoms with E-state index in [1.165, 1.54) is 50.5 Å². The molecular weight excluding hydrogens is 304 g/mol. The molecule has 4 aliphatic carbocycles. The van der Waals surface area contributed by atoms with Crippen molar-refractivity contribution in [3.05, 3.63) is 23.8 Å². The minimum atomic E-state index is 0.158. The Kier molecular flexibility index (Phi) is 4.28. The van der Waals surface area contributed by atoms with E-state index >= 15 is 0 Å². The second-order valence-electron chi connectivity index (χ2n) is 10.1. The highest BCUT2D eigenvalue weighted by Gasteiger charge is 2.58. The van der Waals surface area contributed by atoms with Crippen molar-refractivity contribution in [2.24, 2.45) is 40.4 Å². The van der Waals surface area contributed by atoms with Gasteiger partial charge in [0, 0.05) is 5.41 Å². The summed E-state index contributed by atoms with van der Waals surface area (Å²) < 4.78 is 0. The van der Waals surface area contributed by atoms with Crippen LogP contribution in [0.5, 0.6) is 0 Å². The summed E-state index contributed by atoms with van der Waals surface area (Å²) in [7, 11) is 0. The molecule has 25 heavy (non-hydrogen) atoms. The zero-order chi connectivity index (χ0) is 17.8. The van der Waals surface area contributed by atoms with Crippen molar-refractivity contribution in [3.8, 4) is 0 Å². The number of hydrogen-bond acceptors (Lipinski definition) is 1. The molecule has 3 fully saturated rings. The van der Waals surface area contributed by atoms with Gasteiger partial charge >= 0.3 is 0 Å². The summed E-state index contributed by atoms with van der Waals surface area (Å²) in [6.45, 7) is 9.93.